The topological polar surface area (TPSA) is 23.6 Å². The molecule has 3 nitrogen and oxygen atoms in total. The highest BCUT2D eigenvalue weighted by atomic mass is 16.2. The highest BCUT2D eigenvalue weighted by Gasteiger charge is 2.24. The van der Waals surface area contributed by atoms with E-state index in [1.54, 1.807) is 0 Å². The van der Waals surface area contributed by atoms with Gasteiger partial charge in [-0.25, -0.2) is 0 Å². The van der Waals surface area contributed by atoms with Gasteiger partial charge < -0.3 is 9.80 Å². The van der Waals surface area contributed by atoms with Crippen molar-refractivity contribution in [2.75, 3.05) is 27.2 Å². The van der Waals surface area contributed by atoms with E-state index < -0.39 is 0 Å². The Kier molecular flexibility index (Phi) is 5.88. The standard InChI is InChI=1S/C11H22N2O.CH4/c1-9(2)11(14)13(4)10-5-7-12(3)8-6-10;/h9-10H,5-8H2,1-4H3;1H4. The van der Waals surface area contributed by atoms with E-state index >= 15 is 0 Å². The first-order valence-electron chi connectivity index (χ1n) is 5.47. The largest absolute Gasteiger partial charge is 0.342 e. The summed E-state index contributed by atoms with van der Waals surface area (Å²) in [6.07, 6.45) is 2.23. The Morgan fingerprint density at radius 2 is 1.80 bits per heavy atom. The number of hydrogen-bond donors (Lipinski definition) is 0. The van der Waals surface area contributed by atoms with Crippen molar-refractivity contribution in [2.24, 2.45) is 5.92 Å². The Morgan fingerprint density at radius 3 is 2.20 bits per heavy atom. The fraction of sp³-hybridized carbons (Fsp3) is 0.917. The van der Waals surface area contributed by atoms with E-state index in [-0.39, 0.29) is 19.3 Å². The van der Waals surface area contributed by atoms with Crippen LogP contribution in [-0.4, -0.2) is 48.9 Å². The van der Waals surface area contributed by atoms with E-state index in [2.05, 4.69) is 11.9 Å². The monoisotopic (exact) mass is 214 g/mol. The zero-order valence-electron chi connectivity index (χ0n) is 9.79. The second-order valence-electron chi connectivity index (χ2n) is 4.64. The van der Waals surface area contributed by atoms with Crippen LogP contribution in [0.15, 0.2) is 0 Å². The van der Waals surface area contributed by atoms with E-state index in [4.69, 9.17) is 0 Å². The molecule has 0 saturated carbocycles. The molecule has 0 aromatic rings. The summed E-state index contributed by atoms with van der Waals surface area (Å²) in [5, 5.41) is 0. The molecular formula is C12H26N2O. The molecule has 3 heteroatoms. The lowest BCUT2D eigenvalue weighted by Crippen LogP contribution is -2.45. The van der Waals surface area contributed by atoms with Crippen molar-refractivity contribution >= 4 is 5.91 Å². The highest BCUT2D eigenvalue weighted by molar-refractivity contribution is 5.78. The number of piperidine rings is 1. The van der Waals surface area contributed by atoms with Gasteiger partial charge in [-0.3, -0.25) is 4.79 Å². The quantitative estimate of drug-likeness (QED) is 0.700. The van der Waals surface area contributed by atoms with Crippen LogP contribution in [0, 0.1) is 5.92 Å². The van der Waals surface area contributed by atoms with Crippen molar-refractivity contribution in [3.05, 3.63) is 0 Å². The Balaban J connectivity index is 0.00000196. The molecule has 1 aliphatic heterocycles. The molecular weight excluding hydrogens is 188 g/mol. The maximum absolute atomic E-state index is 11.7. The van der Waals surface area contributed by atoms with Crippen LogP contribution in [-0.2, 0) is 4.79 Å². The first-order chi connectivity index (χ1) is 6.52. The first kappa shape index (κ1) is 14.4. The van der Waals surface area contributed by atoms with Crippen LogP contribution < -0.4 is 0 Å². The number of carbonyl (C=O) groups excluding carboxylic acids is 1. The smallest absolute Gasteiger partial charge is 0.225 e. The number of amides is 1. The average Bonchev–Trinajstić information content (AvgIpc) is 2.16. The zero-order chi connectivity index (χ0) is 10.7. The summed E-state index contributed by atoms with van der Waals surface area (Å²) in [7, 11) is 4.08. The Hall–Kier alpha value is -0.570. The summed E-state index contributed by atoms with van der Waals surface area (Å²) >= 11 is 0. The van der Waals surface area contributed by atoms with Crippen LogP contribution in [0.1, 0.15) is 34.1 Å². The first-order valence-corrected chi connectivity index (χ1v) is 5.47. The van der Waals surface area contributed by atoms with Gasteiger partial charge in [-0.05, 0) is 33.0 Å². The molecule has 0 unspecified atom stereocenters. The second-order valence-corrected chi connectivity index (χ2v) is 4.64. The van der Waals surface area contributed by atoms with E-state index in [1.165, 1.54) is 0 Å². The molecule has 1 heterocycles. The zero-order valence-corrected chi connectivity index (χ0v) is 9.79. The van der Waals surface area contributed by atoms with Crippen LogP contribution in [0.3, 0.4) is 0 Å². The fourth-order valence-electron chi connectivity index (χ4n) is 1.97. The van der Waals surface area contributed by atoms with Gasteiger partial charge in [0, 0.05) is 19.0 Å². The van der Waals surface area contributed by atoms with Crippen molar-refractivity contribution in [1.82, 2.24) is 9.80 Å². The van der Waals surface area contributed by atoms with Crippen molar-refractivity contribution in [3.63, 3.8) is 0 Å². The Labute approximate surface area is 94.4 Å². The fourth-order valence-corrected chi connectivity index (χ4v) is 1.97. The van der Waals surface area contributed by atoms with Gasteiger partial charge in [0.25, 0.3) is 0 Å². The van der Waals surface area contributed by atoms with Gasteiger partial charge in [0.1, 0.15) is 0 Å². The summed E-state index contributed by atoms with van der Waals surface area (Å²) < 4.78 is 0. The van der Waals surface area contributed by atoms with Crippen molar-refractivity contribution < 1.29 is 4.79 Å². The van der Waals surface area contributed by atoms with Gasteiger partial charge in [0.15, 0.2) is 0 Å². The molecule has 15 heavy (non-hydrogen) atoms. The van der Waals surface area contributed by atoms with Gasteiger partial charge in [-0.1, -0.05) is 21.3 Å². The van der Waals surface area contributed by atoms with Gasteiger partial charge >= 0.3 is 0 Å². The van der Waals surface area contributed by atoms with E-state index in [0.29, 0.717) is 6.04 Å². The van der Waals surface area contributed by atoms with E-state index in [1.807, 2.05) is 25.8 Å². The number of likely N-dealkylation sites (tertiary alicyclic amines) is 1. The van der Waals surface area contributed by atoms with Gasteiger partial charge in [0.05, 0.1) is 0 Å². The third-order valence-corrected chi connectivity index (χ3v) is 3.08. The average molecular weight is 214 g/mol. The summed E-state index contributed by atoms with van der Waals surface area (Å²) in [6.45, 7) is 6.16. The lowest BCUT2D eigenvalue weighted by Gasteiger charge is -2.35. The predicted octanol–water partition coefficient (Wildman–Crippen LogP) is 1.83. The van der Waals surface area contributed by atoms with Gasteiger partial charge in [-0.2, -0.15) is 0 Å². The summed E-state index contributed by atoms with van der Waals surface area (Å²) in [6, 6.07) is 0.459. The molecule has 1 aliphatic rings. The van der Waals surface area contributed by atoms with Crippen LogP contribution in [0.25, 0.3) is 0 Å². The van der Waals surface area contributed by atoms with E-state index in [0.717, 1.165) is 25.9 Å². The Bertz CT molecular complexity index is 196. The number of rotatable bonds is 2. The lowest BCUT2D eigenvalue weighted by atomic mass is 10.0. The van der Waals surface area contributed by atoms with E-state index in [9.17, 15) is 4.79 Å². The molecule has 1 saturated heterocycles. The summed E-state index contributed by atoms with van der Waals surface area (Å²) in [5.74, 6) is 0.402. The molecule has 0 radical (unpaired) electrons. The van der Waals surface area contributed by atoms with Crippen molar-refractivity contribution in [2.45, 2.75) is 40.2 Å². The minimum atomic E-state index is 0. The van der Waals surface area contributed by atoms with Crippen LogP contribution in [0.4, 0.5) is 0 Å². The van der Waals surface area contributed by atoms with Crippen molar-refractivity contribution in [1.29, 1.82) is 0 Å². The molecule has 0 aromatic heterocycles. The van der Waals surface area contributed by atoms with Crippen molar-refractivity contribution in [3.8, 4) is 0 Å². The molecule has 0 aliphatic carbocycles. The maximum Gasteiger partial charge on any atom is 0.225 e. The Morgan fingerprint density at radius 1 is 1.33 bits per heavy atom. The second kappa shape index (κ2) is 6.11. The summed E-state index contributed by atoms with van der Waals surface area (Å²) in [4.78, 5) is 16.0. The molecule has 0 atom stereocenters. The lowest BCUT2D eigenvalue weighted by molar-refractivity contribution is -0.136. The number of nitrogens with zero attached hydrogens (tertiary/aromatic N) is 2. The molecule has 0 N–H and O–H groups in total. The third-order valence-electron chi connectivity index (χ3n) is 3.08. The SMILES string of the molecule is C.CC(C)C(=O)N(C)C1CCN(C)CC1. The van der Waals surface area contributed by atoms with Gasteiger partial charge in [-0.15, -0.1) is 0 Å². The molecule has 1 rings (SSSR count). The number of hydrogen-bond acceptors (Lipinski definition) is 2. The minimum Gasteiger partial charge on any atom is -0.342 e. The molecule has 90 valence electrons. The molecule has 1 fully saturated rings. The number of carbonyl (C=O) groups is 1. The predicted molar refractivity (Wildman–Crippen MR) is 64.9 cm³/mol. The van der Waals surface area contributed by atoms with Crippen LogP contribution >= 0.6 is 0 Å². The highest BCUT2D eigenvalue weighted by Crippen LogP contribution is 2.15. The molecule has 0 aromatic carbocycles. The van der Waals surface area contributed by atoms with Crippen LogP contribution in [0.2, 0.25) is 0 Å². The summed E-state index contributed by atoms with van der Waals surface area (Å²) in [5.41, 5.74) is 0. The van der Waals surface area contributed by atoms with Gasteiger partial charge in [0.2, 0.25) is 5.91 Å². The van der Waals surface area contributed by atoms with Crippen LogP contribution in [0.5, 0.6) is 0 Å². The molecule has 0 bridgehead atoms. The molecule has 1 amide bonds. The maximum atomic E-state index is 11.7. The minimum absolute atomic E-state index is 0. The normalized spacial score (nSPS) is 18.7. The molecule has 0 spiro atoms. The third kappa shape index (κ3) is 3.82.